The molecule has 9 rings (SSSR count). The first-order valence-corrected chi connectivity index (χ1v) is 21.9. The SMILES string of the molecule is C[C@@H]1[C@@H](C)CCC[C@@H]([C@H]2OC[C@@H](N3CC4(COC4)C3)CO2)[C@@H]2CC[C@H]2CN2C[C@@]3(CCCc4cc(Cl)ccc43)COc3ccc(cc32)C(=O)NS1(=O)=O. The van der Waals surface area contributed by atoms with Gasteiger partial charge < -0.3 is 23.8 Å². The Hall–Kier alpha value is -2.41. The van der Waals surface area contributed by atoms with Gasteiger partial charge in [0.1, 0.15) is 5.75 Å². The number of likely N-dealkylation sites (tertiary alicyclic amines) is 1. The van der Waals surface area contributed by atoms with E-state index in [0.29, 0.717) is 42.6 Å². The maximum Gasteiger partial charge on any atom is 0.264 e. The molecular weight excluding hydrogens is 714 g/mol. The van der Waals surface area contributed by atoms with Gasteiger partial charge in [-0.1, -0.05) is 31.0 Å². The number of halogens is 1. The van der Waals surface area contributed by atoms with Crippen LogP contribution < -0.4 is 14.4 Å². The number of sulfonamides is 1. The number of benzene rings is 2. The van der Waals surface area contributed by atoms with Gasteiger partial charge >= 0.3 is 0 Å². The van der Waals surface area contributed by atoms with Crippen molar-refractivity contribution in [3.8, 4) is 5.75 Å². The van der Waals surface area contributed by atoms with Crippen molar-refractivity contribution >= 4 is 33.2 Å². The maximum atomic E-state index is 13.6. The van der Waals surface area contributed by atoms with Crippen molar-refractivity contribution in [3.63, 3.8) is 0 Å². The summed E-state index contributed by atoms with van der Waals surface area (Å²) in [4.78, 5) is 18.6. The van der Waals surface area contributed by atoms with E-state index in [2.05, 4.69) is 26.7 Å². The molecule has 10 nitrogen and oxygen atoms in total. The quantitative estimate of drug-likeness (QED) is 0.406. The number of carbonyl (C=O) groups is 1. The van der Waals surface area contributed by atoms with E-state index in [9.17, 15) is 13.2 Å². The third-order valence-electron chi connectivity index (χ3n) is 14.2. The number of anilines is 1. The molecule has 0 aromatic heterocycles. The number of fused-ring (bicyclic) bond motifs is 4. The van der Waals surface area contributed by atoms with Gasteiger partial charge in [0.2, 0.25) is 10.0 Å². The van der Waals surface area contributed by atoms with E-state index >= 15 is 0 Å². The second-order valence-corrected chi connectivity index (χ2v) is 20.1. The van der Waals surface area contributed by atoms with Crippen molar-refractivity contribution in [1.29, 1.82) is 0 Å². The molecule has 2 aromatic carbocycles. The van der Waals surface area contributed by atoms with Crippen LogP contribution in [0.4, 0.5) is 5.69 Å². The first-order valence-electron chi connectivity index (χ1n) is 19.9. The standard InChI is InChI=1S/C41H54ClN3O7S/c1-26-5-3-7-34(39-50-18-32(19-51-39)45-20-40(21-45)23-49-24-40)33-11-8-30(33)17-44-22-41(14-4-6-28-15-31(42)10-12-35(28)41)25-52-37-13-9-29(16-36(37)44)38(46)43-53(47,48)27(26)2/h9-10,12-13,15-16,26-27,30,32-34,39H,3-8,11,14,17-25H2,1-2H3,(H,43,46)/t26-,27+,30-,32-,33+,34+,39+,41-/m0/s1. The lowest BCUT2D eigenvalue weighted by atomic mass is 9.64. The average molecular weight is 768 g/mol. The molecule has 0 radical (unpaired) electrons. The van der Waals surface area contributed by atoms with E-state index in [1.165, 1.54) is 11.1 Å². The second kappa shape index (κ2) is 14.0. The minimum absolute atomic E-state index is 0.127. The van der Waals surface area contributed by atoms with E-state index in [-0.39, 0.29) is 29.6 Å². The highest BCUT2D eigenvalue weighted by molar-refractivity contribution is 7.90. The zero-order valence-corrected chi connectivity index (χ0v) is 32.6. The fraction of sp³-hybridized carbons (Fsp3) is 0.683. The Morgan fingerprint density at radius 3 is 2.45 bits per heavy atom. The molecule has 5 aliphatic heterocycles. The van der Waals surface area contributed by atoms with Crippen molar-refractivity contribution in [3.05, 3.63) is 58.1 Å². The average Bonchev–Trinajstić information content (AvgIpc) is 3.24. The lowest BCUT2D eigenvalue weighted by Gasteiger charge is -2.58. The van der Waals surface area contributed by atoms with E-state index in [4.69, 9.17) is 30.5 Å². The van der Waals surface area contributed by atoms with Gasteiger partial charge in [0.25, 0.3) is 5.91 Å². The predicted molar refractivity (Wildman–Crippen MR) is 203 cm³/mol. The Morgan fingerprint density at radius 2 is 1.72 bits per heavy atom. The summed E-state index contributed by atoms with van der Waals surface area (Å²) in [5.74, 6) is 1.04. The molecule has 6 atom stereocenters. The summed E-state index contributed by atoms with van der Waals surface area (Å²) in [6.07, 6.45) is 7.49. The van der Waals surface area contributed by atoms with E-state index in [0.717, 1.165) is 107 Å². The smallest absolute Gasteiger partial charge is 0.264 e. The summed E-state index contributed by atoms with van der Waals surface area (Å²) >= 11 is 6.50. The summed E-state index contributed by atoms with van der Waals surface area (Å²) in [6.45, 7) is 11.0. The van der Waals surface area contributed by atoms with Crippen LogP contribution in [0.2, 0.25) is 5.02 Å². The van der Waals surface area contributed by atoms with Gasteiger partial charge in [0, 0.05) is 53.5 Å². The summed E-state index contributed by atoms with van der Waals surface area (Å²) in [5.41, 5.74) is 3.84. The third kappa shape index (κ3) is 6.69. The molecule has 5 heterocycles. The molecule has 3 saturated heterocycles. The van der Waals surface area contributed by atoms with Crippen LogP contribution in [0.3, 0.4) is 0 Å². The molecule has 7 aliphatic rings. The van der Waals surface area contributed by atoms with Gasteiger partial charge in [0.05, 0.1) is 50.0 Å². The molecule has 1 N–H and O–H groups in total. The Kier molecular flexibility index (Phi) is 9.54. The summed E-state index contributed by atoms with van der Waals surface area (Å²) < 4.78 is 55.1. The van der Waals surface area contributed by atoms with Crippen molar-refractivity contribution in [2.75, 3.05) is 64.1 Å². The molecule has 288 valence electrons. The van der Waals surface area contributed by atoms with Gasteiger partial charge in [-0.05, 0) is 111 Å². The van der Waals surface area contributed by atoms with Crippen LogP contribution in [0, 0.1) is 29.1 Å². The first-order chi connectivity index (χ1) is 25.5. The fourth-order valence-corrected chi connectivity index (χ4v) is 12.1. The number of nitrogens with one attached hydrogen (secondary N) is 1. The Morgan fingerprint density at radius 1 is 0.906 bits per heavy atom. The normalized spacial score (nSPS) is 36.8. The van der Waals surface area contributed by atoms with Crippen molar-refractivity contribution < 1.29 is 32.2 Å². The highest BCUT2D eigenvalue weighted by Crippen LogP contribution is 2.49. The monoisotopic (exact) mass is 767 g/mol. The summed E-state index contributed by atoms with van der Waals surface area (Å²) in [6, 6.07) is 12.0. The van der Waals surface area contributed by atoms with Gasteiger partial charge in [0.15, 0.2) is 6.29 Å². The zero-order chi connectivity index (χ0) is 36.5. The third-order valence-corrected chi connectivity index (χ3v) is 16.3. The minimum Gasteiger partial charge on any atom is -0.490 e. The largest absolute Gasteiger partial charge is 0.490 e. The molecule has 2 aromatic rings. The molecule has 1 saturated carbocycles. The number of aryl methyl sites for hydroxylation is 1. The number of rotatable bonds is 2. The minimum atomic E-state index is -3.91. The molecule has 2 bridgehead atoms. The topological polar surface area (TPSA) is 107 Å². The highest BCUT2D eigenvalue weighted by Gasteiger charge is 2.52. The maximum absolute atomic E-state index is 13.6. The number of carbonyl (C=O) groups excluding carboxylic acids is 1. The van der Waals surface area contributed by atoms with Crippen LogP contribution >= 0.6 is 11.6 Å². The van der Waals surface area contributed by atoms with Gasteiger partial charge in [-0.3, -0.25) is 9.69 Å². The number of nitrogens with zero attached hydrogens (tertiary/aromatic N) is 2. The van der Waals surface area contributed by atoms with E-state index in [1.807, 2.05) is 25.1 Å². The van der Waals surface area contributed by atoms with Crippen molar-refractivity contribution in [2.45, 2.75) is 88.2 Å². The second-order valence-electron chi connectivity index (χ2n) is 17.6. The van der Waals surface area contributed by atoms with Crippen LogP contribution in [0.25, 0.3) is 0 Å². The molecule has 12 heteroatoms. The van der Waals surface area contributed by atoms with Crippen LogP contribution in [0.15, 0.2) is 36.4 Å². The lowest BCUT2D eigenvalue weighted by Crippen LogP contribution is -2.70. The number of amides is 1. The highest BCUT2D eigenvalue weighted by atomic mass is 35.5. The fourth-order valence-electron chi connectivity index (χ4n) is 10.6. The van der Waals surface area contributed by atoms with Gasteiger partial charge in [-0.15, -0.1) is 0 Å². The van der Waals surface area contributed by atoms with Crippen LogP contribution in [-0.2, 0) is 36.1 Å². The molecule has 4 fully saturated rings. The van der Waals surface area contributed by atoms with Gasteiger partial charge in [-0.25, -0.2) is 13.1 Å². The van der Waals surface area contributed by atoms with Crippen molar-refractivity contribution in [1.82, 2.24) is 9.62 Å². The van der Waals surface area contributed by atoms with Crippen LogP contribution in [0.5, 0.6) is 5.75 Å². The predicted octanol–water partition coefficient (Wildman–Crippen LogP) is 5.80. The molecular formula is C41H54ClN3O7S. The van der Waals surface area contributed by atoms with E-state index in [1.54, 1.807) is 13.0 Å². The zero-order valence-electron chi connectivity index (χ0n) is 31.1. The number of hydrogen-bond donors (Lipinski definition) is 1. The number of hydrogen-bond acceptors (Lipinski definition) is 9. The molecule has 0 unspecified atom stereocenters. The van der Waals surface area contributed by atoms with Crippen molar-refractivity contribution in [2.24, 2.45) is 29.1 Å². The van der Waals surface area contributed by atoms with Gasteiger partial charge in [-0.2, -0.15) is 0 Å². The van der Waals surface area contributed by atoms with E-state index < -0.39 is 21.2 Å². The molecule has 53 heavy (non-hydrogen) atoms. The molecule has 2 aliphatic carbocycles. The number of ether oxygens (including phenoxy) is 4. The molecule has 2 spiro atoms. The van der Waals surface area contributed by atoms with Crippen LogP contribution in [0.1, 0.15) is 80.3 Å². The lowest BCUT2D eigenvalue weighted by molar-refractivity contribution is -0.267. The summed E-state index contributed by atoms with van der Waals surface area (Å²) in [5, 5.41) is 0.0278. The Bertz CT molecular complexity index is 1820. The van der Waals surface area contributed by atoms with Crippen LogP contribution in [-0.4, -0.2) is 96.0 Å². The Labute approximate surface area is 319 Å². The molecule has 1 amide bonds. The Balaban J connectivity index is 1.03. The summed E-state index contributed by atoms with van der Waals surface area (Å²) in [7, 11) is -3.91. The first kappa shape index (κ1) is 36.2.